The summed E-state index contributed by atoms with van der Waals surface area (Å²) in [5.41, 5.74) is 4.22. The molecule has 56 heavy (non-hydrogen) atoms. The van der Waals surface area contributed by atoms with Gasteiger partial charge < -0.3 is 48.9 Å². The van der Waals surface area contributed by atoms with Crippen LogP contribution in [0.5, 0.6) is 34.5 Å². The number of hydrogen-bond acceptors (Lipinski definition) is 16. The molecule has 15 nitrogen and oxygen atoms in total. The minimum Gasteiger partial charge on any atom is -0.504 e. The normalized spacial score (nSPS) is 28.2. The number of hydrogen-bond donors (Lipinski definition) is 5. The van der Waals surface area contributed by atoms with Crippen molar-refractivity contribution in [3.8, 4) is 40.6 Å². The number of phenolic OH excluding ortho intramolecular Hbond substituents is 1. The van der Waals surface area contributed by atoms with Crippen LogP contribution in [0.25, 0.3) is 0 Å². The maximum Gasteiger partial charge on any atom is 0.492 e. The fraction of sp³-hybridized carbons (Fsp3) is 0.462. The van der Waals surface area contributed by atoms with E-state index in [1.165, 1.54) is 32.9 Å². The van der Waals surface area contributed by atoms with Crippen molar-refractivity contribution < 1.29 is 53.2 Å². The summed E-state index contributed by atoms with van der Waals surface area (Å²) in [5.74, 6) is 0.725. The summed E-state index contributed by atoms with van der Waals surface area (Å²) in [5, 5.41) is 49.9. The van der Waals surface area contributed by atoms with Gasteiger partial charge in [0, 0.05) is 59.0 Å². The highest BCUT2D eigenvalue weighted by Gasteiger charge is 2.60. The molecule has 0 aliphatic carbocycles. The maximum absolute atomic E-state index is 14.8. The van der Waals surface area contributed by atoms with Crippen LogP contribution in [0, 0.1) is 25.2 Å². The molecule has 2 fully saturated rings. The topological polar surface area (TPSA) is 201 Å². The molecule has 2 saturated heterocycles. The summed E-state index contributed by atoms with van der Waals surface area (Å²) in [7, 11) is 1.14. The van der Waals surface area contributed by atoms with Gasteiger partial charge in [0.2, 0.25) is 6.79 Å². The number of esters is 2. The smallest absolute Gasteiger partial charge is 0.492 e. The highest BCUT2D eigenvalue weighted by atomic mass is 32.2. The van der Waals surface area contributed by atoms with Crippen molar-refractivity contribution in [2.24, 2.45) is 0 Å². The maximum atomic E-state index is 14.8. The standard InChI is InChI=1S/C39H41BN4O11S/c1-16-8-20-10-23-24(12-41)44-25-13-52-38(47)39(21-11-26(50-4)22(40(48)49)9-19(21)6-7-42-39)14-56-37(31(44)30(43-23)27(20)32(46)33(16)51-5)29-28(25)36-35(53-15-54-36)17(2)34(29)55-18(3)45/h8-9,11,23-25,30-31,37,42-43,46,48-49H,6-7,10,13-15H2,1-5H3/t23-,24-,25-,30+,31+,37+,39+/m0/s1. The van der Waals surface area contributed by atoms with E-state index in [-0.39, 0.29) is 42.2 Å². The minimum absolute atomic E-state index is 0.00816. The summed E-state index contributed by atoms with van der Waals surface area (Å²) in [4.78, 5) is 29.8. The molecule has 0 saturated carbocycles. The number of phenols is 1. The lowest BCUT2D eigenvalue weighted by Gasteiger charge is -2.59. The second-order valence-electron chi connectivity index (χ2n) is 15.1. The zero-order valence-electron chi connectivity index (χ0n) is 31.4. The number of nitriles is 1. The molecular weight excluding hydrogens is 743 g/mol. The van der Waals surface area contributed by atoms with E-state index in [0.29, 0.717) is 70.2 Å². The largest absolute Gasteiger partial charge is 0.504 e. The number of methoxy groups -OCH3 is 2. The Morgan fingerprint density at radius 1 is 1.07 bits per heavy atom. The number of carbonyl (C=O) groups is 2. The third-order valence-corrected chi connectivity index (χ3v) is 13.7. The van der Waals surface area contributed by atoms with Crippen LogP contribution in [-0.4, -0.2) is 97.2 Å². The van der Waals surface area contributed by atoms with Gasteiger partial charge in [0.05, 0.1) is 37.6 Å². The molecule has 0 aromatic heterocycles. The van der Waals surface area contributed by atoms with Crippen LogP contribution in [0.1, 0.15) is 68.8 Å². The Morgan fingerprint density at radius 2 is 1.86 bits per heavy atom. The van der Waals surface area contributed by atoms with Gasteiger partial charge in [-0.2, -0.15) is 5.26 Å². The van der Waals surface area contributed by atoms with Crippen LogP contribution in [0.3, 0.4) is 0 Å². The molecule has 292 valence electrons. The molecule has 5 N–H and O–H groups in total. The Hall–Kier alpha value is -4.70. The molecule has 0 unspecified atom stereocenters. The average molecular weight is 785 g/mol. The highest BCUT2D eigenvalue weighted by molar-refractivity contribution is 7.99. The number of rotatable bonds is 4. The van der Waals surface area contributed by atoms with Crippen LogP contribution in [0.2, 0.25) is 0 Å². The lowest BCUT2D eigenvalue weighted by atomic mass is 9.72. The van der Waals surface area contributed by atoms with Crippen molar-refractivity contribution in [3.63, 3.8) is 0 Å². The lowest BCUT2D eigenvalue weighted by Crippen LogP contribution is -2.69. The molecule has 3 aromatic rings. The van der Waals surface area contributed by atoms with Gasteiger partial charge in [-0.1, -0.05) is 12.1 Å². The van der Waals surface area contributed by atoms with E-state index < -0.39 is 54.0 Å². The van der Waals surface area contributed by atoms with Gasteiger partial charge in [-0.05, 0) is 55.0 Å². The number of aromatic hydroxyl groups is 1. The monoisotopic (exact) mass is 784 g/mol. The summed E-state index contributed by atoms with van der Waals surface area (Å²) in [6.07, 6.45) is 0.946. The fourth-order valence-corrected chi connectivity index (χ4v) is 11.7. The van der Waals surface area contributed by atoms with Gasteiger partial charge in [-0.15, -0.1) is 11.8 Å². The molecule has 7 atom stereocenters. The first kappa shape index (κ1) is 36.9. The Kier molecular flexibility index (Phi) is 8.88. The molecule has 0 amide bonds. The van der Waals surface area contributed by atoms with E-state index in [1.807, 2.05) is 19.9 Å². The molecule has 7 aliphatic rings. The van der Waals surface area contributed by atoms with E-state index in [1.54, 1.807) is 12.1 Å². The average Bonchev–Trinajstić information content (AvgIpc) is 3.67. The number of aryl methyl sites for hydroxylation is 1. The number of benzene rings is 3. The van der Waals surface area contributed by atoms with Crippen molar-refractivity contribution in [2.75, 3.05) is 39.9 Å². The van der Waals surface area contributed by atoms with E-state index in [0.717, 1.165) is 16.7 Å². The van der Waals surface area contributed by atoms with Crippen LogP contribution in [-0.2, 0) is 32.7 Å². The Morgan fingerprint density at radius 3 is 2.57 bits per heavy atom. The Balaban J connectivity index is 1.31. The highest BCUT2D eigenvalue weighted by Crippen LogP contribution is 2.63. The molecule has 7 aliphatic heterocycles. The number of carbonyl (C=O) groups excluding carboxylic acids is 2. The molecule has 3 aromatic carbocycles. The Labute approximate surface area is 327 Å². The first-order valence-corrected chi connectivity index (χ1v) is 19.6. The number of ether oxygens (including phenoxy) is 6. The van der Waals surface area contributed by atoms with Crippen LogP contribution < -0.4 is 39.8 Å². The van der Waals surface area contributed by atoms with Crippen LogP contribution in [0.4, 0.5) is 0 Å². The zero-order valence-corrected chi connectivity index (χ0v) is 32.2. The Bertz CT molecular complexity index is 2250. The van der Waals surface area contributed by atoms with Crippen molar-refractivity contribution in [2.45, 2.75) is 74.6 Å². The minimum atomic E-state index is -1.80. The molecule has 0 radical (unpaired) electrons. The first-order valence-electron chi connectivity index (χ1n) is 18.5. The summed E-state index contributed by atoms with van der Waals surface area (Å²) in [6, 6.07) is 4.90. The molecule has 1 spiro atoms. The fourth-order valence-electron chi connectivity index (χ4n) is 10.0. The van der Waals surface area contributed by atoms with Gasteiger partial charge >= 0.3 is 19.1 Å². The van der Waals surface area contributed by atoms with Gasteiger partial charge in [0.1, 0.15) is 24.1 Å². The quantitative estimate of drug-likeness (QED) is 0.145. The second-order valence-corrected chi connectivity index (χ2v) is 16.2. The van der Waals surface area contributed by atoms with Gasteiger partial charge in [0.15, 0.2) is 28.5 Å². The van der Waals surface area contributed by atoms with Crippen LogP contribution in [0.15, 0.2) is 18.2 Å². The van der Waals surface area contributed by atoms with Crippen molar-refractivity contribution in [1.82, 2.24) is 15.5 Å². The number of thioether (sulfide) groups is 1. The van der Waals surface area contributed by atoms with Gasteiger partial charge in [-0.25, -0.2) is 4.79 Å². The van der Waals surface area contributed by atoms with E-state index in [9.17, 15) is 30.0 Å². The van der Waals surface area contributed by atoms with Crippen LogP contribution >= 0.6 is 11.8 Å². The third-order valence-electron chi connectivity index (χ3n) is 12.3. The van der Waals surface area contributed by atoms with E-state index in [4.69, 9.17) is 28.4 Å². The summed E-state index contributed by atoms with van der Waals surface area (Å²) >= 11 is 1.43. The molecular formula is C39H41BN4O11S. The van der Waals surface area contributed by atoms with Crippen molar-refractivity contribution in [1.29, 1.82) is 5.26 Å². The number of nitrogens with one attached hydrogen (secondary N) is 2. The molecule has 10 rings (SSSR count). The molecule has 7 heterocycles. The third kappa shape index (κ3) is 5.16. The van der Waals surface area contributed by atoms with E-state index >= 15 is 0 Å². The summed E-state index contributed by atoms with van der Waals surface area (Å²) in [6.45, 7) is 5.11. The van der Waals surface area contributed by atoms with Crippen molar-refractivity contribution >= 4 is 36.3 Å². The predicted molar refractivity (Wildman–Crippen MR) is 202 cm³/mol. The van der Waals surface area contributed by atoms with E-state index in [2.05, 4.69) is 21.6 Å². The number of nitrogens with zero attached hydrogens (tertiary/aromatic N) is 2. The molecule has 4 bridgehead atoms. The van der Waals surface area contributed by atoms with Gasteiger partial charge in [0.25, 0.3) is 0 Å². The number of fused-ring (bicyclic) bond motifs is 9. The second kappa shape index (κ2) is 13.5. The predicted octanol–water partition coefficient (Wildman–Crippen LogP) is 1.62. The SMILES string of the molecule is COc1cc2c(cc1B(O)O)CCN[C@]21CS[C@@H]2c3c(OC(C)=O)c(C)c4c(c3[C@H](COC1=O)N1[C@@H]2[C@@H]2N[C@@H](Cc3cc(C)c(OC)c(O)c32)[C@@H]1C#N)OCO4. The first-order chi connectivity index (χ1) is 26.9. The van der Waals surface area contributed by atoms with Gasteiger partial charge in [-0.3, -0.25) is 15.0 Å². The lowest BCUT2D eigenvalue weighted by molar-refractivity contribution is -0.155. The zero-order chi connectivity index (χ0) is 39.4. The summed E-state index contributed by atoms with van der Waals surface area (Å²) < 4.78 is 36.0. The molecule has 17 heteroatoms. The number of piperazine rings is 1. The van der Waals surface area contributed by atoms with Crippen molar-refractivity contribution in [3.05, 3.63) is 62.7 Å².